The van der Waals surface area contributed by atoms with E-state index in [1.165, 1.54) is 5.52 Å². The average molecular weight is 308 g/mol. The van der Waals surface area contributed by atoms with Crippen molar-refractivity contribution < 1.29 is 4.74 Å². The summed E-state index contributed by atoms with van der Waals surface area (Å²) in [6.07, 6.45) is 1.96. The average Bonchev–Trinajstić information content (AvgIpc) is 3.03. The Morgan fingerprint density at radius 3 is 2.95 bits per heavy atom. The van der Waals surface area contributed by atoms with Gasteiger partial charge in [0.15, 0.2) is 0 Å². The highest BCUT2D eigenvalue weighted by Gasteiger charge is 2.26. The third kappa shape index (κ3) is 2.74. The fourth-order valence-electron chi connectivity index (χ4n) is 3.20. The van der Waals surface area contributed by atoms with Crippen LogP contribution in [0.15, 0.2) is 18.2 Å². The van der Waals surface area contributed by atoms with Crippen molar-refractivity contribution in [3.05, 3.63) is 24.0 Å². The molecule has 0 radical (unpaired) electrons. The molecule has 4 nitrogen and oxygen atoms in total. The molecule has 2 aromatic rings. The summed E-state index contributed by atoms with van der Waals surface area (Å²) in [5.41, 5.74) is 2.13. The lowest BCUT2D eigenvalue weighted by molar-refractivity contribution is 0.343. The number of fused-ring (bicyclic) bond motifs is 1. The van der Waals surface area contributed by atoms with E-state index in [-0.39, 0.29) is 0 Å². The van der Waals surface area contributed by atoms with Crippen molar-refractivity contribution in [1.82, 2.24) is 14.5 Å². The van der Waals surface area contributed by atoms with Gasteiger partial charge in [0.25, 0.3) is 0 Å². The smallest absolute Gasteiger partial charge is 0.147 e. The zero-order valence-corrected chi connectivity index (χ0v) is 13.4. The molecule has 0 N–H and O–H groups in total. The molecule has 5 heteroatoms. The van der Waals surface area contributed by atoms with E-state index in [0.29, 0.717) is 18.5 Å². The Labute approximate surface area is 130 Å². The summed E-state index contributed by atoms with van der Waals surface area (Å²) >= 11 is 5.98. The molecule has 114 valence electrons. The largest absolute Gasteiger partial charge is 0.492 e. The monoisotopic (exact) mass is 307 g/mol. The van der Waals surface area contributed by atoms with Crippen molar-refractivity contribution in [3.8, 4) is 5.75 Å². The lowest BCUT2D eigenvalue weighted by Gasteiger charge is -2.16. The second kappa shape index (κ2) is 6.24. The summed E-state index contributed by atoms with van der Waals surface area (Å²) in [6, 6.07) is 6.67. The van der Waals surface area contributed by atoms with Gasteiger partial charge in [-0.05, 0) is 39.1 Å². The number of aromatic nitrogens is 2. The Kier molecular flexibility index (Phi) is 4.36. The highest BCUT2D eigenvalue weighted by Crippen LogP contribution is 2.32. The minimum absolute atomic E-state index is 0.482. The first-order valence-electron chi connectivity index (χ1n) is 7.61. The van der Waals surface area contributed by atoms with Gasteiger partial charge in [-0.25, -0.2) is 4.98 Å². The molecule has 1 aliphatic rings. The fourth-order valence-corrected chi connectivity index (χ4v) is 3.37. The zero-order chi connectivity index (χ0) is 14.8. The van der Waals surface area contributed by atoms with Gasteiger partial charge < -0.3 is 14.2 Å². The number of halogens is 1. The topological polar surface area (TPSA) is 30.3 Å². The van der Waals surface area contributed by atoms with E-state index in [1.54, 1.807) is 0 Å². The Morgan fingerprint density at radius 2 is 2.29 bits per heavy atom. The third-order valence-corrected chi connectivity index (χ3v) is 4.29. The number of rotatable bonds is 5. The van der Waals surface area contributed by atoms with E-state index >= 15 is 0 Å². The van der Waals surface area contributed by atoms with Crippen molar-refractivity contribution in [2.75, 3.05) is 32.6 Å². The molecular formula is C16H22ClN3O. The highest BCUT2D eigenvalue weighted by atomic mass is 35.5. The van der Waals surface area contributed by atoms with E-state index in [0.717, 1.165) is 43.0 Å². The van der Waals surface area contributed by atoms with Gasteiger partial charge >= 0.3 is 0 Å². The predicted molar refractivity (Wildman–Crippen MR) is 86.5 cm³/mol. The predicted octanol–water partition coefficient (Wildman–Crippen LogP) is 3.09. The molecule has 1 fully saturated rings. The fraction of sp³-hybridized carbons (Fsp3) is 0.562. The molecule has 3 rings (SSSR count). The molecule has 1 saturated heterocycles. The number of aryl methyl sites for hydroxylation is 1. The number of nitrogens with zero attached hydrogens (tertiary/aromatic N) is 3. The van der Waals surface area contributed by atoms with Gasteiger partial charge in [-0.3, -0.25) is 0 Å². The summed E-state index contributed by atoms with van der Waals surface area (Å²) in [4.78, 5) is 7.19. The summed E-state index contributed by atoms with van der Waals surface area (Å²) in [6.45, 7) is 4.86. The number of likely N-dealkylation sites (tertiary alicyclic amines) is 1. The first kappa shape index (κ1) is 14.7. The molecule has 1 unspecified atom stereocenters. The van der Waals surface area contributed by atoms with E-state index in [9.17, 15) is 0 Å². The van der Waals surface area contributed by atoms with Crippen LogP contribution < -0.4 is 4.74 Å². The van der Waals surface area contributed by atoms with Crippen molar-refractivity contribution in [1.29, 1.82) is 0 Å². The van der Waals surface area contributed by atoms with Gasteiger partial charge in [-0.15, -0.1) is 11.6 Å². The number of para-hydroxylation sites is 1. The molecule has 1 aromatic heterocycles. The Bertz CT molecular complexity index is 625. The van der Waals surface area contributed by atoms with Crippen LogP contribution in [0, 0.1) is 0 Å². The van der Waals surface area contributed by atoms with Crippen molar-refractivity contribution in [3.63, 3.8) is 0 Å². The van der Waals surface area contributed by atoms with Crippen LogP contribution in [0.5, 0.6) is 5.75 Å². The second-order valence-electron chi connectivity index (χ2n) is 5.60. The molecule has 0 amide bonds. The molecule has 1 atom stereocenters. The van der Waals surface area contributed by atoms with Gasteiger partial charge in [0.05, 0.1) is 12.1 Å². The number of imidazole rings is 1. The number of likely N-dealkylation sites (N-methyl/N-ethyl adjacent to an activating group) is 1. The number of alkyl halides is 1. The molecule has 2 heterocycles. The molecule has 1 aromatic carbocycles. The SMILES string of the molecule is CCOc1cccc2c1nc(CCCl)n2C1CCN(C)C1. The van der Waals surface area contributed by atoms with E-state index in [4.69, 9.17) is 21.3 Å². The summed E-state index contributed by atoms with van der Waals surface area (Å²) < 4.78 is 8.11. The number of hydrogen-bond donors (Lipinski definition) is 0. The quantitative estimate of drug-likeness (QED) is 0.795. The first-order chi connectivity index (χ1) is 10.2. The van der Waals surface area contributed by atoms with Crippen LogP contribution >= 0.6 is 11.6 Å². The van der Waals surface area contributed by atoms with Crippen LogP contribution in [-0.2, 0) is 6.42 Å². The minimum atomic E-state index is 0.482. The molecule has 0 spiro atoms. The molecule has 1 aliphatic heterocycles. The summed E-state index contributed by atoms with van der Waals surface area (Å²) in [5, 5.41) is 0. The van der Waals surface area contributed by atoms with Crippen LogP contribution in [0.25, 0.3) is 11.0 Å². The van der Waals surface area contributed by atoms with Gasteiger partial charge in [-0.1, -0.05) is 6.07 Å². The molecular weight excluding hydrogens is 286 g/mol. The summed E-state index contributed by atoms with van der Waals surface area (Å²) in [5.74, 6) is 2.54. The maximum atomic E-state index is 5.98. The standard InChI is InChI=1S/C16H22ClN3O/c1-3-21-14-6-4-5-13-16(14)18-15(7-9-17)20(13)12-8-10-19(2)11-12/h4-6,12H,3,7-11H2,1-2H3. The van der Waals surface area contributed by atoms with Crippen molar-refractivity contribution in [2.45, 2.75) is 25.8 Å². The number of benzene rings is 1. The second-order valence-corrected chi connectivity index (χ2v) is 5.98. The first-order valence-corrected chi connectivity index (χ1v) is 8.15. The maximum absolute atomic E-state index is 5.98. The Balaban J connectivity index is 2.11. The van der Waals surface area contributed by atoms with Gasteiger partial charge in [-0.2, -0.15) is 0 Å². The van der Waals surface area contributed by atoms with Crippen LogP contribution in [-0.4, -0.2) is 47.1 Å². The third-order valence-electron chi connectivity index (χ3n) is 4.11. The molecule has 21 heavy (non-hydrogen) atoms. The van der Waals surface area contributed by atoms with Crippen molar-refractivity contribution >= 4 is 22.6 Å². The van der Waals surface area contributed by atoms with E-state index in [2.05, 4.69) is 28.6 Å². The van der Waals surface area contributed by atoms with Crippen LogP contribution in [0.2, 0.25) is 0 Å². The lowest BCUT2D eigenvalue weighted by Crippen LogP contribution is -2.18. The maximum Gasteiger partial charge on any atom is 0.147 e. The normalized spacial score (nSPS) is 19.5. The Hall–Kier alpha value is -1.26. The molecule has 0 bridgehead atoms. The summed E-state index contributed by atoms with van der Waals surface area (Å²) in [7, 11) is 2.17. The van der Waals surface area contributed by atoms with Crippen molar-refractivity contribution in [2.24, 2.45) is 0 Å². The molecule has 0 aliphatic carbocycles. The van der Waals surface area contributed by atoms with E-state index < -0.39 is 0 Å². The van der Waals surface area contributed by atoms with Crippen LogP contribution in [0.1, 0.15) is 25.2 Å². The van der Waals surface area contributed by atoms with Gasteiger partial charge in [0, 0.05) is 24.9 Å². The zero-order valence-electron chi connectivity index (χ0n) is 12.7. The minimum Gasteiger partial charge on any atom is -0.492 e. The number of ether oxygens (including phenoxy) is 1. The highest BCUT2D eigenvalue weighted by molar-refractivity contribution is 6.17. The van der Waals surface area contributed by atoms with Crippen LogP contribution in [0.4, 0.5) is 0 Å². The van der Waals surface area contributed by atoms with E-state index in [1.807, 2.05) is 13.0 Å². The van der Waals surface area contributed by atoms with Crippen LogP contribution in [0.3, 0.4) is 0 Å². The Morgan fingerprint density at radius 1 is 1.43 bits per heavy atom. The van der Waals surface area contributed by atoms with Gasteiger partial charge in [0.2, 0.25) is 0 Å². The lowest BCUT2D eigenvalue weighted by atomic mass is 10.2. The molecule has 0 saturated carbocycles. The van der Waals surface area contributed by atoms with Gasteiger partial charge in [0.1, 0.15) is 17.1 Å². The number of hydrogen-bond acceptors (Lipinski definition) is 3.